The fraction of sp³-hybridized carbons (Fsp3) is 0.562. The van der Waals surface area contributed by atoms with Crippen molar-refractivity contribution in [3.05, 3.63) is 35.4 Å². The summed E-state index contributed by atoms with van der Waals surface area (Å²) in [6.07, 6.45) is 2.04. The van der Waals surface area contributed by atoms with E-state index in [-0.39, 0.29) is 11.3 Å². The maximum Gasteiger partial charge on any atom is 0.251 e. The van der Waals surface area contributed by atoms with Crippen LogP contribution in [0.25, 0.3) is 0 Å². The molecule has 0 fully saturated rings. The van der Waals surface area contributed by atoms with Crippen molar-refractivity contribution in [3.8, 4) is 0 Å². The molecule has 0 heterocycles. The summed E-state index contributed by atoms with van der Waals surface area (Å²) in [5, 5.41) is 3.01. The Labute approximate surface area is 125 Å². The Balaban J connectivity index is 2.72. The molecule has 19 heavy (non-hydrogen) atoms. The van der Waals surface area contributed by atoms with Crippen LogP contribution in [0.2, 0.25) is 0 Å². The second-order valence-electron chi connectivity index (χ2n) is 5.85. The first-order valence-electron chi connectivity index (χ1n) is 6.88. The fourth-order valence-electron chi connectivity index (χ4n) is 1.98. The van der Waals surface area contributed by atoms with Crippen LogP contribution in [0.4, 0.5) is 0 Å². The van der Waals surface area contributed by atoms with Gasteiger partial charge in [0.1, 0.15) is 0 Å². The molecule has 0 aliphatic rings. The Hall–Kier alpha value is -0.830. The lowest BCUT2D eigenvalue weighted by Crippen LogP contribution is -2.29. The summed E-state index contributed by atoms with van der Waals surface area (Å²) in [5.41, 5.74) is 1.87. The van der Waals surface area contributed by atoms with Gasteiger partial charge in [-0.3, -0.25) is 4.79 Å². The number of rotatable bonds is 5. The van der Waals surface area contributed by atoms with E-state index in [9.17, 15) is 4.79 Å². The van der Waals surface area contributed by atoms with Gasteiger partial charge >= 0.3 is 0 Å². The summed E-state index contributed by atoms with van der Waals surface area (Å²) >= 11 is 3.58. The predicted octanol–water partition coefficient (Wildman–Crippen LogP) is 4.28. The van der Waals surface area contributed by atoms with Gasteiger partial charge in [0.25, 0.3) is 5.91 Å². The van der Waals surface area contributed by atoms with Crippen molar-refractivity contribution in [1.82, 2.24) is 5.32 Å². The number of nitrogens with one attached hydrogen (secondary N) is 1. The Morgan fingerprint density at radius 2 is 1.95 bits per heavy atom. The van der Waals surface area contributed by atoms with E-state index in [0.29, 0.717) is 11.4 Å². The normalized spacial score (nSPS) is 13.1. The van der Waals surface area contributed by atoms with Gasteiger partial charge in [-0.1, -0.05) is 61.8 Å². The standard InChI is InChI=1S/C16H24BrNO/c1-5-12(17)10-11-18-15(19)13-8-6-7-9-14(13)16(2,3)4/h6-9,12H,5,10-11H2,1-4H3,(H,18,19). The Kier molecular flexibility index (Phi) is 6.05. The van der Waals surface area contributed by atoms with Crippen LogP contribution < -0.4 is 5.32 Å². The van der Waals surface area contributed by atoms with Crippen LogP contribution in [0.15, 0.2) is 24.3 Å². The van der Waals surface area contributed by atoms with E-state index in [1.165, 1.54) is 0 Å². The highest BCUT2D eigenvalue weighted by Crippen LogP contribution is 2.25. The summed E-state index contributed by atoms with van der Waals surface area (Å²) in [6.45, 7) is 9.23. The van der Waals surface area contributed by atoms with E-state index in [2.05, 4.69) is 48.9 Å². The SMILES string of the molecule is CCC(Br)CCNC(=O)c1ccccc1C(C)(C)C. The van der Waals surface area contributed by atoms with Gasteiger partial charge in [0.2, 0.25) is 0 Å². The average Bonchev–Trinajstić information content (AvgIpc) is 2.37. The number of amides is 1. The van der Waals surface area contributed by atoms with E-state index in [4.69, 9.17) is 0 Å². The van der Waals surface area contributed by atoms with Crippen molar-refractivity contribution < 1.29 is 4.79 Å². The van der Waals surface area contributed by atoms with Crippen LogP contribution in [0.3, 0.4) is 0 Å². The molecule has 0 aliphatic heterocycles. The van der Waals surface area contributed by atoms with Gasteiger partial charge in [-0.25, -0.2) is 0 Å². The van der Waals surface area contributed by atoms with Crippen molar-refractivity contribution >= 4 is 21.8 Å². The second-order valence-corrected chi connectivity index (χ2v) is 7.14. The fourth-order valence-corrected chi connectivity index (χ4v) is 2.21. The molecule has 0 spiro atoms. The maximum absolute atomic E-state index is 12.3. The van der Waals surface area contributed by atoms with E-state index in [0.717, 1.165) is 24.0 Å². The molecule has 0 radical (unpaired) electrons. The Morgan fingerprint density at radius 3 is 2.53 bits per heavy atom. The minimum Gasteiger partial charge on any atom is -0.352 e. The monoisotopic (exact) mass is 325 g/mol. The maximum atomic E-state index is 12.3. The van der Waals surface area contributed by atoms with Gasteiger partial charge < -0.3 is 5.32 Å². The number of carbonyl (C=O) groups is 1. The Bertz CT molecular complexity index is 423. The third-order valence-corrected chi connectivity index (χ3v) is 4.27. The highest BCUT2D eigenvalue weighted by molar-refractivity contribution is 9.09. The molecular formula is C16H24BrNO. The zero-order valence-corrected chi connectivity index (χ0v) is 13.9. The first-order valence-corrected chi connectivity index (χ1v) is 7.79. The minimum atomic E-state index is -0.0185. The molecule has 0 saturated heterocycles. The average molecular weight is 326 g/mol. The third-order valence-electron chi connectivity index (χ3n) is 3.17. The van der Waals surface area contributed by atoms with E-state index in [1.807, 2.05) is 24.3 Å². The van der Waals surface area contributed by atoms with Gasteiger partial charge in [-0.2, -0.15) is 0 Å². The van der Waals surface area contributed by atoms with Gasteiger partial charge in [0, 0.05) is 16.9 Å². The lowest BCUT2D eigenvalue weighted by atomic mass is 9.83. The molecular weight excluding hydrogens is 302 g/mol. The number of hydrogen-bond donors (Lipinski definition) is 1. The molecule has 1 rings (SSSR count). The van der Waals surface area contributed by atoms with Crippen LogP contribution >= 0.6 is 15.9 Å². The first kappa shape index (κ1) is 16.2. The lowest BCUT2D eigenvalue weighted by molar-refractivity contribution is 0.0951. The van der Waals surface area contributed by atoms with Crippen LogP contribution in [-0.4, -0.2) is 17.3 Å². The molecule has 1 N–H and O–H groups in total. The van der Waals surface area contributed by atoms with Gasteiger partial charge in [-0.05, 0) is 29.9 Å². The number of alkyl halides is 1. The summed E-state index contributed by atoms with van der Waals surface area (Å²) in [6, 6.07) is 7.85. The van der Waals surface area contributed by atoms with Gasteiger partial charge in [0.15, 0.2) is 0 Å². The largest absolute Gasteiger partial charge is 0.352 e. The quantitative estimate of drug-likeness (QED) is 0.804. The predicted molar refractivity (Wildman–Crippen MR) is 85.1 cm³/mol. The summed E-state index contributed by atoms with van der Waals surface area (Å²) in [7, 11) is 0. The van der Waals surface area contributed by atoms with E-state index >= 15 is 0 Å². The van der Waals surface area contributed by atoms with Crippen molar-refractivity contribution in [3.63, 3.8) is 0 Å². The first-order chi connectivity index (χ1) is 8.86. The molecule has 0 aromatic heterocycles. The minimum absolute atomic E-state index is 0.0185. The second kappa shape index (κ2) is 7.09. The molecule has 0 saturated carbocycles. The number of hydrogen-bond acceptors (Lipinski definition) is 1. The van der Waals surface area contributed by atoms with E-state index in [1.54, 1.807) is 0 Å². The van der Waals surface area contributed by atoms with Crippen molar-refractivity contribution in [1.29, 1.82) is 0 Å². The molecule has 1 aromatic carbocycles. The van der Waals surface area contributed by atoms with Gasteiger partial charge in [-0.15, -0.1) is 0 Å². The van der Waals surface area contributed by atoms with Crippen LogP contribution in [0, 0.1) is 0 Å². The molecule has 106 valence electrons. The summed E-state index contributed by atoms with van der Waals surface area (Å²) in [4.78, 5) is 12.7. The lowest BCUT2D eigenvalue weighted by Gasteiger charge is -2.22. The molecule has 1 atom stereocenters. The molecule has 1 unspecified atom stereocenters. The van der Waals surface area contributed by atoms with Crippen LogP contribution in [0.1, 0.15) is 56.5 Å². The third kappa shape index (κ3) is 4.98. The van der Waals surface area contributed by atoms with Crippen molar-refractivity contribution in [2.24, 2.45) is 0 Å². The highest BCUT2D eigenvalue weighted by Gasteiger charge is 2.20. The zero-order chi connectivity index (χ0) is 14.5. The number of carbonyl (C=O) groups excluding carboxylic acids is 1. The van der Waals surface area contributed by atoms with Gasteiger partial charge in [0.05, 0.1) is 0 Å². The zero-order valence-electron chi connectivity index (χ0n) is 12.3. The molecule has 1 aromatic rings. The molecule has 0 aliphatic carbocycles. The molecule has 1 amide bonds. The van der Waals surface area contributed by atoms with Crippen molar-refractivity contribution in [2.75, 3.05) is 6.54 Å². The topological polar surface area (TPSA) is 29.1 Å². The highest BCUT2D eigenvalue weighted by atomic mass is 79.9. The van der Waals surface area contributed by atoms with Crippen LogP contribution in [-0.2, 0) is 5.41 Å². The Morgan fingerprint density at radius 1 is 1.32 bits per heavy atom. The van der Waals surface area contributed by atoms with Crippen molar-refractivity contribution in [2.45, 2.75) is 50.8 Å². The number of halogens is 1. The summed E-state index contributed by atoms with van der Waals surface area (Å²) < 4.78 is 0. The van der Waals surface area contributed by atoms with E-state index < -0.39 is 0 Å². The molecule has 3 heteroatoms. The van der Waals surface area contributed by atoms with Crippen LogP contribution in [0.5, 0.6) is 0 Å². The number of benzene rings is 1. The molecule has 0 bridgehead atoms. The summed E-state index contributed by atoms with van der Waals surface area (Å²) in [5.74, 6) is 0.0290. The smallest absolute Gasteiger partial charge is 0.251 e. The molecule has 2 nitrogen and oxygen atoms in total.